The molecule has 0 radical (unpaired) electrons. The molecule has 1 unspecified atom stereocenters. The predicted octanol–water partition coefficient (Wildman–Crippen LogP) is 2.87. The van der Waals surface area contributed by atoms with Gasteiger partial charge in [0, 0.05) is 4.97 Å². The Balaban J connectivity index is 3.68. The zero-order valence-corrected chi connectivity index (χ0v) is 9.71. The quantitative estimate of drug-likeness (QED) is 0.579. The van der Waals surface area contributed by atoms with Crippen molar-refractivity contribution >= 4 is 14.1 Å². The molecule has 2 heteroatoms. The van der Waals surface area contributed by atoms with Crippen molar-refractivity contribution in [1.29, 1.82) is 0 Å². The van der Waals surface area contributed by atoms with Crippen molar-refractivity contribution in [3.63, 3.8) is 0 Å². The minimum absolute atomic E-state index is 0.401. The van der Waals surface area contributed by atoms with Gasteiger partial charge in [0.15, 0.2) is 0 Å². The van der Waals surface area contributed by atoms with Crippen LogP contribution in [0.2, 0.25) is 10.6 Å². The Kier molecular flexibility index (Phi) is 6.33. The Hall–Kier alpha value is 0.492. The van der Waals surface area contributed by atoms with E-state index in [2.05, 4.69) is 34.6 Å². The fraction of sp³-hybridized carbons (Fsp3) is 1.00. The maximum atomic E-state index is 5.76. The maximum Gasteiger partial charge on any atom is 0.305 e. The van der Waals surface area contributed by atoms with Gasteiger partial charge in [-0.1, -0.05) is 31.3 Å². The largest absolute Gasteiger partial charge is 0.391 e. The van der Waals surface area contributed by atoms with Crippen LogP contribution in [0.1, 0.15) is 34.6 Å². The minimum atomic E-state index is -0.565. The van der Waals surface area contributed by atoms with Gasteiger partial charge in [-0.15, -0.1) is 0 Å². The molecule has 1 nitrogen and oxygen atoms in total. The van der Waals surface area contributed by atoms with Gasteiger partial charge in [-0.25, -0.2) is 0 Å². The van der Waals surface area contributed by atoms with Crippen molar-refractivity contribution in [3.05, 3.63) is 0 Å². The van der Waals surface area contributed by atoms with E-state index in [4.69, 9.17) is 4.74 Å². The van der Waals surface area contributed by atoms with Gasteiger partial charge in [-0.05, 0) is 13.8 Å². The summed E-state index contributed by atoms with van der Waals surface area (Å²) in [5, 5.41) is 2.73. The summed E-state index contributed by atoms with van der Waals surface area (Å²) >= 11 is -0.565. The van der Waals surface area contributed by atoms with E-state index >= 15 is 0 Å². The molecule has 0 N–H and O–H groups in total. The van der Waals surface area contributed by atoms with Crippen LogP contribution in [0.15, 0.2) is 0 Å². The van der Waals surface area contributed by atoms with E-state index < -0.39 is 14.1 Å². The molecule has 0 amide bonds. The molecule has 0 heterocycles. The predicted molar refractivity (Wildman–Crippen MR) is 52.4 cm³/mol. The molecule has 0 spiro atoms. The van der Waals surface area contributed by atoms with Crippen LogP contribution in [-0.4, -0.2) is 25.2 Å². The van der Waals surface area contributed by atoms with Gasteiger partial charge in [0.05, 0.1) is 6.10 Å². The van der Waals surface area contributed by atoms with Crippen LogP contribution in [0.5, 0.6) is 0 Å². The van der Waals surface area contributed by atoms with Gasteiger partial charge in [0.25, 0.3) is 0 Å². The van der Waals surface area contributed by atoms with Crippen molar-refractivity contribution in [1.82, 2.24) is 0 Å². The molecular weight excluding hydrogens is 151 g/mol. The molecule has 0 aliphatic heterocycles. The summed E-state index contributed by atoms with van der Waals surface area (Å²) in [7, 11) is 0. The number of hydrogen-bond acceptors (Lipinski definition) is 1. The van der Waals surface area contributed by atoms with Crippen LogP contribution >= 0.6 is 0 Å². The molecule has 0 bridgehead atoms. The maximum absolute atomic E-state index is 5.76. The van der Waals surface area contributed by atoms with Crippen molar-refractivity contribution in [2.24, 2.45) is 0 Å². The summed E-state index contributed by atoms with van der Waals surface area (Å²) in [6.45, 7) is 11.1. The van der Waals surface area contributed by atoms with Crippen molar-refractivity contribution < 1.29 is 4.74 Å². The standard InChI is InChI=1S/C5H11O.2C2H5.Al/c1-4-6-5(2)3;2*1-2;/h4-5H,1-3H3;2*1H2,2H3;. The highest BCUT2D eigenvalue weighted by Crippen LogP contribution is 2.09. The molecule has 0 saturated carbocycles. The van der Waals surface area contributed by atoms with E-state index in [0.717, 1.165) is 0 Å². The van der Waals surface area contributed by atoms with E-state index in [-0.39, 0.29) is 0 Å². The fourth-order valence-electron chi connectivity index (χ4n) is 1.49. The Morgan fingerprint density at radius 1 is 1.09 bits per heavy atom. The summed E-state index contributed by atoms with van der Waals surface area (Å²) < 4.78 is 5.76. The Morgan fingerprint density at radius 3 is 1.82 bits per heavy atom. The lowest BCUT2D eigenvalue weighted by Gasteiger charge is -2.20. The van der Waals surface area contributed by atoms with Gasteiger partial charge in [-0.3, -0.25) is 0 Å². The molecule has 0 aromatic rings. The third kappa shape index (κ3) is 4.85. The highest BCUT2D eigenvalue weighted by molar-refractivity contribution is 6.59. The Bertz CT molecular complexity index is 89.6. The van der Waals surface area contributed by atoms with Gasteiger partial charge in [0.2, 0.25) is 0 Å². The number of hydrogen-bond donors (Lipinski definition) is 0. The summed E-state index contributed by atoms with van der Waals surface area (Å²) in [6.07, 6.45) is 0.401. The minimum Gasteiger partial charge on any atom is -0.391 e. The van der Waals surface area contributed by atoms with E-state index in [1.165, 1.54) is 10.6 Å². The molecule has 0 rings (SSSR count). The summed E-state index contributed by atoms with van der Waals surface area (Å²) in [5.41, 5.74) is 0. The van der Waals surface area contributed by atoms with Crippen LogP contribution < -0.4 is 0 Å². The first-order valence-electron chi connectivity index (χ1n) is 4.77. The van der Waals surface area contributed by atoms with Gasteiger partial charge < -0.3 is 4.74 Å². The summed E-state index contributed by atoms with van der Waals surface area (Å²) in [6, 6.07) is 0. The highest BCUT2D eigenvalue weighted by atomic mass is 27.2. The highest BCUT2D eigenvalue weighted by Gasteiger charge is 2.21. The third-order valence-corrected chi connectivity index (χ3v) is 5.78. The smallest absolute Gasteiger partial charge is 0.305 e. The van der Waals surface area contributed by atoms with E-state index in [1.807, 2.05) is 0 Å². The van der Waals surface area contributed by atoms with Crippen LogP contribution in [0, 0.1) is 0 Å². The van der Waals surface area contributed by atoms with Crippen LogP contribution in [0.3, 0.4) is 0 Å². The second-order valence-electron chi connectivity index (χ2n) is 3.47. The lowest BCUT2D eigenvalue weighted by Crippen LogP contribution is -2.31. The first kappa shape index (κ1) is 11.5. The molecule has 66 valence electrons. The molecule has 0 saturated heterocycles. The summed E-state index contributed by atoms with van der Waals surface area (Å²) in [5.74, 6) is 0. The lowest BCUT2D eigenvalue weighted by atomic mass is 10.5. The van der Waals surface area contributed by atoms with Crippen LogP contribution in [0.25, 0.3) is 0 Å². The molecule has 0 aromatic carbocycles. The molecule has 0 aromatic heterocycles. The van der Waals surface area contributed by atoms with Gasteiger partial charge >= 0.3 is 14.1 Å². The van der Waals surface area contributed by atoms with Crippen LogP contribution in [0.4, 0.5) is 0 Å². The SMILES string of the molecule is C[CH2][Al]([CH2]C)[CH](C)OC(C)C. The second kappa shape index (κ2) is 6.06. The Morgan fingerprint density at radius 2 is 1.55 bits per heavy atom. The van der Waals surface area contributed by atoms with Crippen molar-refractivity contribution in [2.75, 3.05) is 0 Å². The zero-order valence-electron chi connectivity index (χ0n) is 8.55. The fourth-order valence-corrected chi connectivity index (χ4v) is 3.93. The topological polar surface area (TPSA) is 9.23 Å². The Labute approximate surface area is 75.5 Å². The van der Waals surface area contributed by atoms with E-state index in [9.17, 15) is 0 Å². The van der Waals surface area contributed by atoms with Crippen molar-refractivity contribution in [3.8, 4) is 0 Å². The average Bonchev–Trinajstić information content (AvgIpc) is 1.88. The molecular formula is C9H21AlO. The monoisotopic (exact) mass is 172 g/mol. The van der Waals surface area contributed by atoms with E-state index in [1.54, 1.807) is 0 Å². The zero-order chi connectivity index (χ0) is 8.85. The molecule has 0 fully saturated rings. The molecule has 1 atom stereocenters. The lowest BCUT2D eigenvalue weighted by molar-refractivity contribution is 0.0598. The van der Waals surface area contributed by atoms with Crippen molar-refractivity contribution in [2.45, 2.75) is 56.3 Å². The first-order chi connectivity index (χ1) is 5.11. The first-order valence-corrected chi connectivity index (χ1v) is 7.07. The molecule has 11 heavy (non-hydrogen) atoms. The normalized spacial score (nSPS) is 13.6. The number of ether oxygens (including phenoxy) is 1. The summed E-state index contributed by atoms with van der Waals surface area (Å²) in [4.78, 5) is 0.560. The van der Waals surface area contributed by atoms with Gasteiger partial charge in [-0.2, -0.15) is 0 Å². The van der Waals surface area contributed by atoms with Gasteiger partial charge in [0.1, 0.15) is 0 Å². The van der Waals surface area contributed by atoms with E-state index in [0.29, 0.717) is 11.1 Å². The third-order valence-electron chi connectivity index (χ3n) is 2.20. The second-order valence-corrected chi connectivity index (χ2v) is 7.56. The molecule has 0 aliphatic rings. The number of rotatable bonds is 5. The molecule has 0 aliphatic carbocycles. The van der Waals surface area contributed by atoms with Crippen LogP contribution in [-0.2, 0) is 4.74 Å². The average molecular weight is 172 g/mol.